The first-order chi connectivity index (χ1) is 18.0. The zero-order valence-corrected chi connectivity index (χ0v) is 21.3. The lowest BCUT2D eigenvalue weighted by molar-refractivity contribution is 0.0951. The molecule has 5 rings (SSSR count). The van der Waals surface area contributed by atoms with Crippen LogP contribution in [0.5, 0.6) is 5.75 Å². The molecule has 0 radical (unpaired) electrons. The number of nitrogens with zero attached hydrogens (tertiary/aromatic N) is 2. The lowest BCUT2D eigenvalue weighted by Gasteiger charge is -2.38. The fourth-order valence-electron chi connectivity index (χ4n) is 4.57. The molecular weight excluding hydrogens is 466 g/mol. The molecule has 1 aliphatic carbocycles. The molecule has 2 fully saturated rings. The summed E-state index contributed by atoms with van der Waals surface area (Å²) >= 11 is 0. The normalized spacial score (nSPS) is 15.2. The predicted molar refractivity (Wildman–Crippen MR) is 148 cm³/mol. The van der Waals surface area contributed by atoms with Gasteiger partial charge >= 0.3 is 6.03 Å². The highest BCUT2D eigenvalue weighted by molar-refractivity contribution is 6.04. The summed E-state index contributed by atoms with van der Waals surface area (Å²) in [5.41, 5.74) is 4.93. The minimum atomic E-state index is -0.351. The van der Waals surface area contributed by atoms with E-state index in [2.05, 4.69) is 31.8 Å². The third-order valence-electron chi connectivity index (χ3n) is 6.77. The van der Waals surface area contributed by atoms with Gasteiger partial charge in [0, 0.05) is 49.3 Å². The number of piperazine rings is 1. The largest absolute Gasteiger partial charge is 0.495 e. The Kier molecular flexibility index (Phi) is 7.16. The molecule has 2 aliphatic rings. The van der Waals surface area contributed by atoms with Gasteiger partial charge in [-0.05, 0) is 62.2 Å². The van der Waals surface area contributed by atoms with E-state index in [9.17, 15) is 9.59 Å². The summed E-state index contributed by atoms with van der Waals surface area (Å²) in [5.74, 6) is 0.757. The number of hydrogen-bond acceptors (Lipinski definition) is 5. The van der Waals surface area contributed by atoms with Crippen LogP contribution in [-0.2, 0) is 0 Å². The van der Waals surface area contributed by atoms with Gasteiger partial charge in [-0.25, -0.2) is 4.79 Å². The SMILES string of the molecule is COc1ccccc1N1CCN(c2ccc(NC(=O)Nc3ccc(C)cc3)cc2C(=O)NC2CC2)CC1. The Hall–Kier alpha value is -4.20. The highest BCUT2D eigenvalue weighted by Crippen LogP contribution is 2.31. The van der Waals surface area contributed by atoms with Crippen molar-refractivity contribution in [1.29, 1.82) is 0 Å². The van der Waals surface area contributed by atoms with Crippen LogP contribution < -0.4 is 30.5 Å². The fourth-order valence-corrected chi connectivity index (χ4v) is 4.57. The van der Waals surface area contributed by atoms with Gasteiger partial charge < -0.3 is 30.5 Å². The first kappa shape index (κ1) is 24.5. The van der Waals surface area contributed by atoms with Crippen molar-refractivity contribution in [2.45, 2.75) is 25.8 Å². The smallest absolute Gasteiger partial charge is 0.323 e. The van der Waals surface area contributed by atoms with E-state index in [0.29, 0.717) is 16.9 Å². The van der Waals surface area contributed by atoms with Crippen molar-refractivity contribution in [3.8, 4) is 5.75 Å². The van der Waals surface area contributed by atoms with Crippen LogP contribution in [0.3, 0.4) is 0 Å². The zero-order valence-electron chi connectivity index (χ0n) is 21.3. The van der Waals surface area contributed by atoms with Crippen molar-refractivity contribution >= 4 is 34.7 Å². The monoisotopic (exact) mass is 499 g/mol. The van der Waals surface area contributed by atoms with E-state index in [-0.39, 0.29) is 18.0 Å². The summed E-state index contributed by atoms with van der Waals surface area (Å²) in [6.45, 7) is 5.15. The average molecular weight is 500 g/mol. The van der Waals surface area contributed by atoms with Gasteiger partial charge in [-0.1, -0.05) is 29.8 Å². The Morgan fingerprint density at radius 1 is 0.811 bits per heavy atom. The van der Waals surface area contributed by atoms with Crippen LogP contribution >= 0.6 is 0 Å². The second-order valence-electron chi connectivity index (χ2n) is 9.57. The molecule has 8 heteroatoms. The summed E-state index contributed by atoms with van der Waals surface area (Å²) in [7, 11) is 1.69. The molecule has 0 spiro atoms. The summed E-state index contributed by atoms with van der Waals surface area (Å²) in [6, 6.07) is 21.1. The van der Waals surface area contributed by atoms with E-state index in [1.807, 2.05) is 61.5 Å². The second-order valence-corrected chi connectivity index (χ2v) is 9.57. The molecule has 192 valence electrons. The van der Waals surface area contributed by atoms with Crippen LogP contribution in [0.4, 0.5) is 27.5 Å². The van der Waals surface area contributed by atoms with Gasteiger partial charge in [0.05, 0.1) is 18.4 Å². The van der Waals surface area contributed by atoms with Crippen LogP contribution in [0.2, 0.25) is 0 Å². The van der Waals surface area contributed by atoms with Gasteiger partial charge in [0.25, 0.3) is 5.91 Å². The number of ether oxygens (including phenoxy) is 1. The number of benzene rings is 3. The third kappa shape index (κ3) is 5.97. The topological polar surface area (TPSA) is 85.9 Å². The first-order valence-corrected chi connectivity index (χ1v) is 12.7. The number of hydrogen-bond donors (Lipinski definition) is 3. The molecular formula is C29H33N5O3. The lowest BCUT2D eigenvalue weighted by atomic mass is 10.1. The van der Waals surface area contributed by atoms with Crippen LogP contribution in [0.25, 0.3) is 0 Å². The number of carbonyl (C=O) groups is 2. The Morgan fingerprint density at radius 3 is 2.11 bits per heavy atom. The number of anilines is 4. The molecule has 3 amide bonds. The van der Waals surface area contributed by atoms with Crippen LogP contribution in [0.1, 0.15) is 28.8 Å². The molecule has 8 nitrogen and oxygen atoms in total. The highest BCUT2D eigenvalue weighted by Gasteiger charge is 2.28. The van der Waals surface area contributed by atoms with E-state index in [4.69, 9.17) is 4.74 Å². The minimum absolute atomic E-state index is 0.104. The van der Waals surface area contributed by atoms with Gasteiger partial charge in [0.1, 0.15) is 5.75 Å². The molecule has 0 atom stereocenters. The number of carbonyl (C=O) groups excluding carboxylic acids is 2. The molecule has 0 unspecified atom stereocenters. The van der Waals surface area contributed by atoms with Gasteiger partial charge in [-0.15, -0.1) is 0 Å². The van der Waals surface area contributed by atoms with Crippen molar-refractivity contribution in [3.63, 3.8) is 0 Å². The molecule has 1 aliphatic heterocycles. The van der Waals surface area contributed by atoms with Gasteiger partial charge in [-0.2, -0.15) is 0 Å². The van der Waals surface area contributed by atoms with Gasteiger partial charge in [0.2, 0.25) is 0 Å². The Balaban J connectivity index is 1.31. The minimum Gasteiger partial charge on any atom is -0.495 e. The number of urea groups is 1. The second kappa shape index (κ2) is 10.8. The molecule has 3 N–H and O–H groups in total. The average Bonchev–Trinajstić information content (AvgIpc) is 3.74. The predicted octanol–water partition coefficient (Wildman–Crippen LogP) is 4.87. The maximum Gasteiger partial charge on any atom is 0.323 e. The lowest BCUT2D eigenvalue weighted by Crippen LogP contribution is -2.47. The Morgan fingerprint density at radius 2 is 1.43 bits per heavy atom. The molecule has 0 bridgehead atoms. The fraction of sp³-hybridized carbons (Fsp3) is 0.310. The Bertz CT molecular complexity index is 1260. The van der Waals surface area contributed by atoms with Crippen molar-refractivity contribution in [3.05, 3.63) is 77.9 Å². The Labute approximate surface area is 217 Å². The van der Waals surface area contributed by atoms with E-state index in [1.165, 1.54) is 0 Å². The van der Waals surface area contributed by atoms with Crippen molar-refractivity contribution in [1.82, 2.24) is 5.32 Å². The molecule has 1 saturated heterocycles. The van der Waals surface area contributed by atoms with Crippen molar-refractivity contribution in [2.75, 3.05) is 53.7 Å². The molecule has 1 heterocycles. The highest BCUT2D eigenvalue weighted by atomic mass is 16.5. The maximum absolute atomic E-state index is 13.2. The molecule has 37 heavy (non-hydrogen) atoms. The van der Waals surface area contributed by atoms with E-state index in [1.54, 1.807) is 13.2 Å². The molecule has 0 aromatic heterocycles. The summed E-state index contributed by atoms with van der Waals surface area (Å²) in [5, 5.41) is 8.81. The number of rotatable bonds is 7. The number of methoxy groups -OCH3 is 1. The molecule has 1 saturated carbocycles. The quantitative estimate of drug-likeness (QED) is 0.432. The van der Waals surface area contributed by atoms with E-state index in [0.717, 1.165) is 61.7 Å². The number of amides is 3. The van der Waals surface area contributed by atoms with E-state index >= 15 is 0 Å². The molecule has 3 aromatic carbocycles. The number of nitrogens with one attached hydrogen (secondary N) is 3. The van der Waals surface area contributed by atoms with Crippen LogP contribution in [-0.4, -0.2) is 51.3 Å². The number of para-hydroxylation sites is 2. The van der Waals surface area contributed by atoms with Crippen LogP contribution in [0.15, 0.2) is 66.7 Å². The van der Waals surface area contributed by atoms with Gasteiger partial charge in [-0.3, -0.25) is 4.79 Å². The molecule has 3 aromatic rings. The van der Waals surface area contributed by atoms with Crippen molar-refractivity contribution < 1.29 is 14.3 Å². The van der Waals surface area contributed by atoms with Gasteiger partial charge in [0.15, 0.2) is 0 Å². The summed E-state index contributed by atoms with van der Waals surface area (Å²) < 4.78 is 5.54. The first-order valence-electron chi connectivity index (χ1n) is 12.7. The van der Waals surface area contributed by atoms with E-state index < -0.39 is 0 Å². The zero-order chi connectivity index (χ0) is 25.8. The maximum atomic E-state index is 13.2. The standard InChI is InChI=1S/C29H33N5O3/c1-20-7-9-22(10-8-20)31-29(36)32-23-13-14-25(24(19-23)28(35)30-21-11-12-21)33-15-17-34(18-16-33)26-5-3-4-6-27(26)37-2/h3-10,13-14,19,21H,11-12,15-18H2,1-2H3,(H,30,35)(H2,31,32,36). The summed E-state index contributed by atoms with van der Waals surface area (Å²) in [4.78, 5) is 30.3. The van der Waals surface area contributed by atoms with Crippen LogP contribution in [0, 0.1) is 6.92 Å². The summed E-state index contributed by atoms with van der Waals surface area (Å²) in [6.07, 6.45) is 2.02. The third-order valence-corrected chi connectivity index (χ3v) is 6.77. The van der Waals surface area contributed by atoms with Crippen molar-refractivity contribution in [2.24, 2.45) is 0 Å². The number of aryl methyl sites for hydroxylation is 1.